The summed E-state index contributed by atoms with van der Waals surface area (Å²) in [6, 6.07) is 24.2. The predicted octanol–water partition coefficient (Wildman–Crippen LogP) is 7.41. The van der Waals surface area contributed by atoms with Crippen LogP contribution in [0.25, 0.3) is 44.9 Å². The third-order valence-electron chi connectivity index (χ3n) is 8.29. The van der Waals surface area contributed by atoms with Gasteiger partial charge in [-0.2, -0.15) is 4.57 Å². The molecule has 0 atom stereocenters. The summed E-state index contributed by atoms with van der Waals surface area (Å²) in [5.41, 5.74) is 7.45. The summed E-state index contributed by atoms with van der Waals surface area (Å²) < 4.78 is 56.4. The van der Waals surface area contributed by atoms with E-state index in [1.54, 1.807) is 12.5 Å². The van der Waals surface area contributed by atoms with E-state index in [4.69, 9.17) is 13.6 Å². The van der Waals surface area contributed by atoms with E-state index in [9.17, 15) is 13.0 Å². The van der Waals surface area contributed by atoms with Gasteiger partial charge < -0.3 is 27.6 Å². The Bertz CT molecular complexity index is 2220. The van der Waals surface area contributed by atoms with Gasteiger partial charge in [0.25, 0.3) is 5.52 Å². The number of aromatic nitrogens is 2. The molecule has 0 radical (unpaired) electrons. The van der Waals surface area contributed by atoms with Gasteiger partial charge in [0.2, 0.25) is 11.5 Å². The highest BCUT2D eigenvalue weighted by atomic mass is 32.2. The van der Waals surface area contributed by atoms with Crippen molar-refractivity contribution < 1.29 is 31.1 Å². The molecule has 0 spiro atoms. The van der Waals surface area contributed by atoms with Crippen LogP contribution in [0.2, 0.25) is 0 Å². The number of hydrogen-bond acceptors (Lipinski definition) is 7. The zero-order valence-electron chi connectivity index (χ0n) is 25.5. The molecular formula is C36H33N3O6S. The Kier molecular flexibility index (Phi) is 7.75. The van der Waals surface area contributed by atoms with Crippen LogP contribution in [-0.2, 0) is 16.7 Å². The lowest BCUT2D eigenvalue weighted by molar-refractivity contribution is -0.677. The van der Waals surface area contributed by atoms with E-state index in [-0.39, 0.29) is 6.42 Å². The van der Waals surface area contributed by atoms with Crippen LogP contribution in [0.4, 0.5) is 5.69 Å². The molecular weight excluding hydrogens is 602 g/mol. The molecule has 4 heterocycles. The average Bonchev–Trinajstić information content (AvgIpc) is 3.85. The number of para-hydroxylation sites is 1. The van der Waals surface area contributed by atoms with Crippen molar-refractivity contribution in [3.63, 3.8) is 0 Å². The average molecular weight is 636 g/mol. The van der Waals surface area contributed by atoms with E-state index in [1.807, 2.05) is 71.4 Å². The van der Waals surface area contributed by atoms with Gasteiger partial charge in [0, 0.05) is 42.6 Å². The summed E-state index contributed by atoms with van der Waals surface area (Å²) in [4.78, 5) is 2.13. The Balaban J connectivity index is 1.27. The molecule has 0 saturated heterocycles. The topological polar surface area (TPSA) is 105 Å². The minimum Gasteiger partial charge on any atom is -0.748 e. The standard InChI is InChI=1S/C36H33N3O6S/c1-3-25(20-35-37(4-2)31-22-27(10-12-33(31)44-35)28-15-18-43-24-28)21-36-39(16-7-19-46(40,41)42)32-23-29(11-13-34(32)45-36)38-17-14-26-8-5-6-9-30(26)38/h5-6,8-15,17-18,20-24H,3-4,7,16,19H2,1-2H3. The molecule has 3 aromatic heterocycles. The van der Waals surface area contributed by atoms with Crippen molar-refractivity contribution in [2.45, 2.75) is 33.2 Å². The van der Waals surface area contributed by atoms with Gasteiger partial charge >= 0.3 is 5.89 Å². The number of rotatable bonds is 10. The Morgan fingerprint density at radius 1 is 1.00 bits per heavy atom. The maximum atomic E-state index is 11.5. The normalized spacial score (nSPS) is 14.5. The number of hydrogen-bond donors (Lipinski definition) is 0. The van der Waals surface area contributed by atoms with E-state index < -0.39 is 15.9 Å². The van der Waals surface area contributed by atoms with Crippen LogP contribution in [-0.4, -0.2) is 29.8 Å². The van der Waals surface area contributed by atoms with Crippen LogP contribution in [0.15, 0.2) is 118 Å². The number of benzene rings is 3. The first-order chi connectivity index (χ1) is 22.3. The third kappa shape index (κ3) is 5.73. The van der Waals surface area contributed by atoms with Crippen molar-refractivity contribution in [2.24, 2.45) is 0 Å². The second-order valence-electron chi connectivity index (χ2n) is 11.2. The Labute approximate surface area is 267 Å². The lowest BCUT2D eigenvalue weighted by Crippen LogP contribution is -2.36. The highest BCUT2D eigenvalue weighted by molar-refractivity contribution is 7.85. The molecule has 0 N–H and O–H groups in total. The summed E-state index contributed by atoms with van der Waals surface area (Å²) in [7, 11) is -4.36. The molecule has 0 fully saturated rings. The van der Waals surface area contributed by atoms with Gasteiger partial charge in [0.05, 0.1) is 45.6 Å². The van der Waals surface area contributed by atoms with E-state index >= 15 is 0 Å². The summed E-state index contributed by atoms with van der Waals surface area (Å²) in [6.45, 7) is 5.14. The predicted molar refractivity (Wildman–Crippen MR) is 177 cm³/mol. The number of ether oxygens (including phenoxy) is 1. The molecule has 1 aliphatic rings. The molecule has 1 aliphatic heterocycles. The molecule has 0 aliphatic carbocycles. The summed E-state index contributed by atoms with van der Waals surface area (Å²) in [6.07, 6.45) is 10.2. The van der Waals surface area contributed by atoms with Crippen LogP contribution in [0.1, 0.15) is 32.6 Å². The molecule has 46 heavy (non-hydrogen) atoms. The van der Waals surface area contributed by atoms with Gasteiger partial charge in [0.15, 0.2) is 12.3 Å². The van der Waals surface area contributed by atoms with Crippen molar-refractivity contribution in [3.05, 3.63) is 115 Å². The molecule has 7 rings (SSSR count). The third-order valence-corrected chi connectivity index (χ3v) is 9.08. The monoisotopic (exact) mass is 635 g/mol. The van der Waals surface area contributed by atoms with Crippen LogP contribution in [0.3, 0.4) is 0 Å². The summed E-state index contributed by atoms with van der Waals surface area (Å²) in [5, 5.41) is 1.13. The van der Waals surface area contributed by atoms with Crippen LogP contribution >= 0.6 is 0 Å². The van der Waals surface area contributed by atoms with Crippen molar-refractivity contribution in [2.75, 3.05) is 17.2 Å². The molecule has 0 amide bonds. The fourth-order valence-corrected chi connectivity index (χ4v) is 6.47. The smallest absolute Gasteiger partial charge is 0.374 e. The fraction of sp³-hybridized carbons (Fsp3) is 0.194. The highest BCUT2D eigenvalue weighted by Crippen LogP contribution is 2.42. The van der Waals surface area contributed by atoms with Gasteiger partial charge in [-0.3, -0.25) is 0 Å². The SMILES string of the molecule is CCC(/C=C1\Oc2ccc(-c3ccoc3)cc2N1CC)=C\c1oc2ccc(-n3ccc4ccccc43)cc2[n+]1CCCS(=O)(=O)[O-]. The van der Waals surface area contributed by atoms with Crippen LogP contribution < -0.4 is 14.2 Å². The maximum absolute atomic E-state index is 11.5. The Morgan fingerprint density at radius 2 is 1.87 bits per heavy atom. The van der Waals surface area contributed by atoms with Gasteiger partial charge in [-0.1, -0.05) is 31.2 Å². The minimum absolute atomic E-state index is 0.159. The number of allylic oxidation sites excluding steroid dienone is 2. The fourth-order valence-electron chi connectivity index (χ4n) is 5.99. The van der Waals surface area contributed by atoms with Crippen LogP contribution in [0, 0.1) is 0 Å². The van der Waals surface area contributed by atoms with E-state index in [0.29, 0.717) is 36.9 Å². The lowest BCUT2D eigenvalue weighted by Gasteiger charge is -2.16. The second-order valence-corrected chi connectivity index (χ2v) is 12.7. The van der Waals surface area contributed by atoms with Crippen molar-refractivity contribution >= 4 is 43.9 Å². The summed E-state index contributed by atoms with van der Waals surface area (Å²) >= 11 is 0. The molecule has 0 bridgehead atoms. The molecule has 9 nitrogen and oxygen atoms in total. The van der Waals surface area contributed by atoms with Gasteiger partial charge in [-0.05, 0) is 72.3 Å². The molecule has 10 heteroatoms. The summed E-state index contributed by atoms with van der Waals surface area (Å²) in [5.74, 6) is 1.58. The van der Waals surface area contributed by atoms with Crippen LogP contribution in [0.5, 0.6) is 5.75 Å². The molecule has 0 unspecified atom stereocenters. The van der Waals surface area contributed by atoms with Crippen molar-refractivity contribution in [3.8, 4) is 22.6 Å². The first-order valence-electron chi connectivity index (χ1n) is 15.3. The van der Waals surface area contributed by atoms with Gasteiger partial charge in [-0.25, -0.2) is 8.42 Å². The number of anilines is 1. The zero-order chi connectivity index (χ0) is 31.8. The van der Waals surface area contributed by atoms with E-state index in [2.05, 4.69) is 47.6 Å². The minimum atomic E-state index is -4.36. The number of fused-ring (bicyclic) bond motifs is 3. The molecule has 0 saturated carbocycles. The first kappa shape index (κ1) is 29.6. The number of nitrogens with zero attached hydrogens (tertiary/aromatic N) is 3. The maximum Gasteiger partial charge on any atom is 0.374 e. The second kappa shape index (κ2) is 12.0. The molecule has 3 aromatic carbocycles. The van der Waals surface area contributed by atoms with E-state index in [0.717, 1.165) is 50.2 Å². The first-order valence-corrected chi connectivity index (χ1v) is 16.9. The lowest BCUT2D eigenvalue weighted by atomic mass is 10.1. The molecule has 6 aromatic rings. The Hall–Kier alpha value is -5.06. The largest absolute Gasteiger partial charge is 0.748 e. The Morgan fingerprint density at radius 3 is 2.65 bits per heavy atom. The number of oxazole rings is 1. The number of aryl methyl sites for hydroxylation is 1. The zero-order valence-corrected chi connectivity index (χ0v) is 26.4. The molecule has 234 valence electrons. The van der Waals surface area contributed by atoms with E-state index in [1.165, 1.54) is 0 Å². The highest BCUT2D eigenvalue weighted by Gasteiger charge is 2.27. The van der Waals surface area contributed by atoms with Crippen molar-refractivity contribution in [1.29, 1.82) is 0 Å². The van der Waals surface area contributed by atoms with Gasteiger partial charge in [0.1, 0.15) is 0 Å². The quantitative estimate of drug-likeness (QED) is 0.114. The number of furan rings is 1. The van der Waals surface area contributed by atoms with Gasteiger partial charge in [-0.15, -0.1) is 0 Å². The van der Waals surface area contributed by atoms with Crippen molar-refractivity contribution in [1.82, 2.24) is 4.57 Å².